The predicted octanol–water partition coefficient (Wildman–Crippen LogP) is 3.25. The van der Waals surface area contributed by atoms with Crippen LogP contribution in [0, 0.1) is 13.8 Å². The molecule has 0 aliphatic carbocycles. The first kappa shape index (κ1) is 14.5. The summed E-state index contributed by atoms with van der Waals surface area (Å²) >= 11 is 0. The zero-order chi connectivity index (χ0) is 15.1. The average Bonchev–Trinajstić information content (AvgIpc) is 2.43. The van der Waals surface area contributed by atoms with Gasteiger partial charge in [-0.15, -0.1) is 0 Å². The van der Waals surface area contributed by atoms with Crippen LogP contribution in [0.3, 0.4) is 0 Å². The van der Waals surface area contributed by atoms with Gasteiger partial charge in [-0.1, -0.05) is 13.0 Å². The van der Waals surface area contributed by atoms with Gasteiger partial charge in [-0.2, -0.15) is 0 Å². The van der Waals surface area contributed by atoms with Crippen LogP contribution in [0.25, 0.3) is 10.9 Å². The van der Waals surface area contributed by atoms with Crippen LogP contribution in [-0.4, -0.2) is 23.0 Å². The number of nitrogens with two attached hydrogens (primary N) is 1. The van der Waals surface area contributed by atoms with E-state index < -0.39 is 0 Å². The maximum absolute atomic E-state index is 6.35. The molecule has 2 aromatic rings. The SMILES string of the molecule is CCN1CCc2nc3cc(C)cc(C)c3c(C(C)N)c2C1. The molecule has 3 nitrogen and oxygen atoms in total. The first-order chi connectivity index (χ1) is 10.0. The number of rotatable bonds is 2. The summed E-state index contributed by atoms with van der Waals surface area (Å²) in [4.78, 5) is 7.44. The van der Waals surface area contributed by atoms with E-state index >= 15 is 0 Å². The fourth-order valence-corrected chi connectivity index (χ4v) is 3.63. The third-order valence-electron chi connectivity index (χ3n) is 4.61. The van der Waals surface area contributed by atoms with Gasteiger partial charge in [0.05, 0.1) is 5.52 Å². The lowest BCUT2D eigenvalue weighted by molar-refractivity contribution is 0.264. The molecule has 0 amide bonds. The molecule has 1 aromatic carbocycles. The first-order valence-electron chi connectivity index (χ1n) is 7.91. The summed E-state index contributed by atoms with van der Waals surface area (Å²) in [6.07, 6.45) is 1.03. The minimum atomic E-state index is 0.0439. The number of benzene rings is 1. The standard InChI is InChI=1S/C18H25N3/c1-5-21-7-6-15-14(10-21)18(13(4)19)17-12(3)8-11(2)9-16(17)20-15/h8-9,13H,5-7,10,19H2,1-4H3. The van der Waals surface area contributed by atoms with Crippen molar-refractivity contribution in [2.24, 2.45) is 5.73 Å². The molecule has 3 rings (SSSR count). The third-order valence-corrected chi connectivity index (χ3v) is 4.61. The van der Waals surface area contributed by atoms with Crippen molar-refractivity contribution in [3.8, 4) is 0 Å². The summed E-state index contributed by atoms with van der Waals surface area (Å²) in [5.41, 5.74) is 14.0. The van der Waals surface area contributed by atoms with Crippen LogP contribution in [0.1, 0.15) is 47.8 Å². The monoisotopic (exact) mass is 283 g/mol. The van der Waals surface area contributed by atoms with E-state index in [0.29, 0.717) is 0 Å². The van der Waals surface area contributed by atoms with E-state index in [0.717, 1.165) is 31.6 Å². The molecule has 1 aromatic heterocycles. The van der Waals surface area contributed by atoms with Gasteiger partial charge in [0.25, 0.3) is 0 Å². The topological polar surface area (TPSA) is 42.2 Å². The number of pyridine rings is 1. The Balaban J connectivity index is 2.32. The Bertz CT molecular complexity index is 689. The third kappa shape index (κ3) is 2.45. The molecular weight excluding hydrogens is 258 g/mol. The maximum atomic E-state index is 6.35. The fourth-order valence-electron chi connectivity index (χ4n) is 3.63. The van der Waals surface area contributed by atoms with Gasteiger partial charge in [0.1, 0.15) is 0 Å². The fraction of sp³-hybridized carbons (Fsp3) is 0.500. The zero-order valence-electron chi connectivity index (χ0n) is 13.5. The van der Waals surface area contributed by atoms with Gasteiger partial charge in [0, 0.05) is 36.6 Å². The predicted molar refractivity (Wildman–Crippen MR) is 88.5 cm³/mol. The van der Waals surface area contributed by atoms with E-state index in [9.17, 15) is 0 Å². The molecule has 0 saturated carbocycles. The summed E-state index contributed by atoms with van der Waals surface area (Å²) < 4.78 is 0. The van der Waals surface area contributed by atoms with Gasteiger partial charge in [-0.05, 0) is 55.6 Å². The van der Waals surface area contributed by atoms with E-state index in [1.54, 1.807) is 0 Å². The van der Waals surface area contributed by atoms with Crippen molar-refractivity contribution in [2.75, 3.05) is 13.1 Å². The number of nitrogens with zero attached hydrogens (tertiary/aromatic N) is 2. The number of fused-ring (bicyclic) bond motifs is 2. The lowest BCUT2D eigenvalue weighted by Crippen LogP contribution is -2.32. The molecule has 21 heavy (non-hydrogen) atoms. The molecule has 3 heteroatoms. The highest BCUT2D eigenvalue weighted by molar-refractivity contribution is 5.88. The summed E-state index contributed by atoms with van der Waals surface area (Å²) in [5.74, 6) is 0. The van der Waals surface area contributed by atoms with Gasteiger partial charge in [-0.25, -0.2) is 0 Å². The summed E-state index contributed by atoms with van der Waals surface area (Å²) in [6.45, 7) is 11.8. The van der Waals surface area contributed by atoms with Crippen molar-refractivity contribution >= 4 is 10.9 Å². The molecule has 1 unspecified atom stereocenters. The summed E-state index contributed by atoms with van der Waals surface area (Å²) in [5, 5.41) is 1.27. The Morgan fingerprint density at radius 2 is 2.10 bits per heavy atom. The minimum absolute atomic E-state index is 0.0439. The Labute approximate surface area is 127 Å². The number of aromatic nitrogens is 1. The number of hydrogen-bond donors (Lipinski definition) is 1. The molecule has 0 bridgehead atoms. The van der Waals surface area contributed by atoms with E-state index in [4.69, 9.17) is 10.7 Å². The lowest BCUT2D eigenvalue weighted by Gasteiger charge is -2.30. The van der Waals surface area contributed by atoms with Crippen LogP contribution in [-0.2, 0) is 13.0 Å². The largest absolute Gasteiger partial charge is 0.324 e. The zero-order valence-corrected chi connectivity index (χ0v) is 13.5. The molecule has 112 valence electrons. The van der Waals surface area contributed by atoms with Crippen molar-refractivity contribution in [2.45, 2.75) is 46.7 Å². The van der Waals surface area contributed by atoms with Gasteiger partial charge >= 0.3 is 0 Å². The number of hydrogen-bond acceptors (Lipinski definition) is 3. The van der Waals surface area contributed by atoms with E-state index in [1.807, 2.05) is 0 Å². The normalized spacial score (nSPS) is 17.0. The van der Waals surface area contributed by atoms with Crippen LogP contribution >= 0.6 is 0 Å². The van der Waals surface area contributed by atoms with E-state index in [-0.39, 0.29) is 6.04 Å². The Morgan fingerprint density at radius 1 is 1.33 bits per heavy atom. The van der Waals surface area contributed by atoms with Crippen molar-refractivity contribution in [3.05, 3.63) is 40.1 Å². The molecule has 0 saturated heterocycles. The summed E-state index contributed by atoms with van der Waals surface area (Å²) in [6, 6.07) is 4.48. The van der Waals surface area contributed by atoms with Gasteiger partial charge < -0.3 is 5.73 Å². The number of likely N-dealkylation sites (N-methyl/N-ethyl adjacent to an activating group) is 1. The van der Waals surface area contributed by atoms with Crippen LogP contribution < -0.4 is 5.73 Å². The Hall–Kier alpha value is -1.45. The highest BCUT2D eigenvalue weighted by Gasteiger charge is 2.24. The van der Waals surface area contributed by atoms with Crippen molar-refractivity contribution in [3.63, 3.8) is 0 Å². The molecule has 1 aliphatic rings. The van der Waals surface area contributed by atoms with Crippen LogP contribution in [0.2, 0.25) is 0 Å². The second kappa shape index (κ2) is 5.39. The second-order valence-corrected chi connectivity index (χ2v) is 6.33. The maximum Gasteiger partial charge on any atom is 0.0714 e. The molecule has 0 radical (unpaired) electrons. The van der Waals surface area contributed by atoms with Crippen LogP contribution in [0.15, 0.2) is 12.1 Å². The average molecular weight is 283 g/mol. The molecule has 1 atom stereocenters. The Morgan fingerprint density at radius 3 is 2.76 bits per heavy atom. The van der Waals surface area contributed by atoms with Gasteiger partial charge in [0.2, 0.25) is 0 Å². The first-order valence-corrected chi connectivity index (χ1v) is 7.91. The van der Waals surface area contributed by atoms with Crippen molar-refractivity contribution < 1.29 is 0 Å². The number of aryl methyl sites for hydroxylation is 2. The smallest absolute Gasteiger partial charge is 0.0714 e. The molecule has 2 heterocycles. The minimum Gasteiger partial charge on any atom is -0.324 e. The van der Waals surface area contributed by atoms with Crippen molar-refractivity contribution in [1.82, 2.24) is 9.88 Å². The van der Waals surface area contributed by atoms with E-state index in [1.165, 1.54) is 33.3 Å². The van der Waals surface area contributed by atoms with Crippen LogP contribution in [0.5, 0.6) is 0 Å². The molecule has 0 spiro atoms. The van der Waals surface area contributed by atoms with E-state index in [2.05, 4.69) is 44.7 Å². The highest BCUT2D eigenvalue weighted by Crippen LogP contribution is 2.33. The lowest BCUT2D eigenvalue weighted by atomic mass is 9.90. The quantitative estimate of drug-likeness (QED) is 0.920. The molecule has 1 aliphatic heterocycles. The molecule has 2 N–H and O–H groups in total. The molecular formula is C18H25N3. The van der Waals surface area contributed by atoms with Crippen molar-refractivity contribution in [1.29, 1.82) is 0 Å². The summed E-state index contributed by atoms with van der Waals surface area (Å²) in [7, 11) is 0. The highest BCUT2D eigenvalue weighted by atomic mass is 15.1. The Kier molecular flexibility index (Phi) is 3.72. The second-order valence-electron chi connectivity index (χ2n) is 6.33. The van der Waals surface area contributed by atoms with Gasteiger partial charge in [-0.3, -0.25) is 9.88 Å². The molecule has 0 fully saturated rings. The van der Waals surface area contributed by atoms with Crippen LogP contribution in [0.4, 0.5) is 0 Å². The van der Waals surface area contributed by atoms with Gasteiger partial charge in [0.15, 0.2) is 0 Å².